The van der Waals surface area contributed by atoms with Gasteiger partial charge in [-0.15, -0.1) is 23.5 Å². The van der Waals surface area contributed by atoms with E-state index in [1.54, 1.807) is 35.3 Å². The number of thiocarbonyl (C=S) groups is 2. The fraction of sp³-hybridized carbons (Fsp3) is 0.222. The molecule has 132 valence electrons. The molecule has 2 aliphatic rings. The Balaban J connectivity index is 0.000000148. The SMILES string of the molecule is Nc1ccccc1.S=C1SCCN1c1ccccc1.S=C1SCCS1. The average Bonchev–Trinajstić information content (AvgIpc) is 3.28. The Morgan fingerprint density at radius 1 is 0.760 bits per heavy atom. The zero-order valence-corrected chi connectivity index (χ0v) is 17.8. The molecule has 2 N–H and O–H groups in total. The molecular formula is C18H20N2S5. The number of benzene rings is 2. The third-order valence-corrected chi connectivity index (χ3v) is 7.54. The van der Waals surface area contributed by atoms with E-state index < -0.39 is 0 Å². The van der Waals surface area contributed by atoms with Crippen molar-refractivity contribution in [3.05, 3.63) is 60.7 Å². The number of nitrogens with zero attached hydrogens (tertiary/aromatic N) is 1. The van der Waals surface area contributed by atoms with Crippen molar-refractivity contribution >= 4 is 78.9 Å². The number of rotatable bonds is 1. The van der Waals surface area contributed by atoms with Gasteiger partial charge in [0.25, 0.3) is 0 Å². The van der Waals surface area contributed by atoms with Crippen molar-refractivity contribution in [1.82, 2.24) is 0 Å². The van der Waals surface area contributed by atoms with Crippen LogP contribution in [-0.4, -0.2) is 31.7 Å². The number of thioether (sulfide) groups is 3. The molecule has 2 aromatic carbocycles. The second kappa shape index (κ2) is 11.8. The van der Waals surface area contributed by atoms with Gasteiger partial charge >= 0.3 is 0 Å². The van der Waals surface area contributed by atoms with E-state index in [0.717, 1.165) is 25.8 Å². The predicted molar refractivity (Wildman–Crippen MR) is 127 cm³/mol. The summed E-state index contributed by atoms with van der Waals surface area (Å²) in [6, 6.07) is 19.8. The Morgan fingerprint density at radius 2 is 1.32 bits per heavy atom. The lowest BCUT2D eigenvalue weighted by Gasteiger charge is -2.15. The Kier molecular flexibility index (Phi) is 9.72. The molecule has 2 aliphatic heterocycles. The fourth-order valence-electron chi connectivity index (χ4n) is 1.98. The number of nitrogens with two attached hydrogens (primary N) is 1. The first-order valence-electron chi connectivity index (χ1n) is 7.76. The van der Waals surface area contributed by atoms with Gasteiger partial charge in [0.05, 0.1) is 0 Å². The number of hydrogen-bond acceptors (Lipinski definition) is 6. The largest absolute Gasteiger partial charge is 0.399 e. The molecule has 25 heavy (non-hydrogen) atoms. The monoisotopic (exact) mass is 424 g/mol. The number of anilines is 2. The van der Waals surface area contributed by atoms with E-state index in [-0.39, 0.29) is 0 Å². The van der Waals surface area contributed by atoms with Crippen LogP contribution in [-0.2, 0) is 0 Å². The quantitative estimate of drug-likeness (QED) is 0.474. The topological polar surface area (TPSA) is 29.3 Å². The third kappa shape index (κ3) is 8.00. The fourth-order valence-corrected chi connectivity index (χ4v) is 5.56. The van der Waals surface area contributed by atoms with E-state index >= 15 is 0 Å². The molecule has 2 nitrogen and oxygen atoms in total. The van der Waals surface area contributed by atoms with Crippen LogP contribution < -0.4 is 10.6 Å². The second-order valence-electron chi connectivity index (χ2n) is 4.96. The summed E-state index contributed by atoms with van der Waals surface area (Å²) in [5, 5.41) is 0. The van der Waals surface area contributed by atoms with Gasteiger partial charge in [-0.2, -0.15) is 0 Å². The first-order valence-corrected chi connectivity index (χ1v) is 11.5. The van der Waals surface area contributed by atoms with Gasteiger partial charge in [0.2, 0.25) is 0 Å². The van der Waals surface area contributed by atoms with Crippen LogP contribution in [0.3, 0.4) is 0 Å². The Bertz CT molecular complexity index is 656. The van der Waals surface area contributed by atoms with Crippen LogP contribution in [0.25, 0.3) is 0 Å². The summed E-state index contributed by atoms with van der Waals surface area (Å²) in [6.07, 6.45) is 0. The van der Waals surface area contributed by atoms with Crippen molar-refractivity contribution in [3.8, 4) is 0 Å². The van der Waals surface area contributed by atoms with Gasteiger partial charge in [-0.3, -0.25) is 0 Å². The summed E-state index contributed by atoms with van der Waals surface area (Å²) in [6.45, 7) is 1.05. The molecule has 4 rings (SSSR count). The van der Waals surface area contributed by atoms with E-state index in [0.29, 0.717) is 0 Å². The van der Waals surface area contributed by atoms with Crippen LogP contribution in [0.4, 0.5) is 11.4 Å². The van der Waals surface area contributed by atoms with E-state index in [1.165, 1.54) is 17.2 Å². The minimum Gasteiger partial charge on any atom is -0.399 e. The van der Waals surface area contributed by atoms with E-state index in [9.17, 15) is 0 Å². The summed E-state index contributed by atoms with van der Waals surface area (Å²) in [5.41, 5.74) is 7.39. The molecule has 0 amide bonds. The zero-order valence-electron chi connectivity index (χ0n) is 13.7. The summed E-state index contributed by atoms with van der Waals surface area (Å²) in [7, 11) is 0. The van der Waals surface area contributed by atoms with Crippen LogP contribution in [0.1, 0.15) is 0 Å². The first-order chi connectivity index (χ1) is 12.2. The van der Waals surface area contributed by atoms with Gasteiger partial charge in [-0.25, -0.2) is 0 Å². The number of hydrogen-bond donors (Lipinski definition) is 1. The van der Waals surface area contributed by atoms with Crippen LogP contribution in [0.5, 0.6) is 0 Å². The van der Waals surface area contributed by atoms with Crippen molar-refractivity contribution in [3.63, 3.8) is 0 Å². The van der Waals surface area contributed by atoms with Gasteiger partial charge in [0.1, 0.15) is 7.85 Å². The zero-order chi connectivity index (χ0) is 17.9. The number of nitrogen functional groups attached to an aromatic ring is 1. The van der Waals surface area contributed by atoms with Crippen molar-refractivity contribution in [2.75, 3.05) is 34.4 Å². The molecule has 0 aliphatic carbocycles. The maximum absolute atomic E-state index is 5.36. The van der Waals surface area contributed by atoms with Crippen molar-refractivity contribution in [2.24, 2.45) is 0 Å². The number of para-hydroxylation sites is 2. The second-order valence-corrected chi connectivity index (χ2v) is 10.1. The Morgan fingerprint density at radius 3 is 1.68 bits per heavy atom. The van der Waals surface area contributed by atoms with Gasteiger partial charge in [-0.1, -0.05) is 72.6 Å². The highest BCUT2D eigenvalue weighted by Gasteiger charge is 2.18. The summed E-state index contributed by atoms with van der Waals surface area (Å²) < 4.78 is 2.12. The smallest absolute Gasteiger partial charge is 0.140 e. The third-order valence-electron chi connectivity index (χ3n) is 3.15. The summed E-state index contributed by atoms with van der Waals surface area (Å²) in [4.78, 5) is 2.18. The minimum absolute atomic E-state index is 0.822. The highest BCUT2D eigenvalue weighted by molar-refractivity contribution is 8.49. The van der Waals surface area contributed by atoms with Gasteiger partial charge in [0, 0.05) is 35.2 Å². The van der Waals surface area contributed by atoms with Crippen LogP contribution >= 0.6 is 59.7 Å². The molecule has 2 fully saturated rings. The predicted octanol–water partition coefficient (Wildman–Crippen LogP) is 5.54. The van der Waals surface area contributed by atoms with Crippen LogP contribution in [0.15, 0.2) is 60.7 Å². The lowest BCUT2D eigenvalue weighted by atomic mass is 10.3. The summed E-state index contributed by atoms with van der Waals surface area (Å²) >= 11 is 15.4. The summed E-state index contributed by atoms with van der Waals surface area (Å²) in [5.74, 6) is 3.57. The van der Waals surface area contributed by atoms with Crippen LogP contribution in [0, 0.1) is 0 Å². The molecule has 0 saturated carbocycles. The standard InChI is InChI=1S/C9H9NS2.C6H7N.C3H4S3/c11-9-10(6-7-12-9)8-4-2-1-3-5-8;7-6-4-2-1-3-5-6;4-3-5-1-2-6-3/h1-5H,6-7H2;1-5H,7H2;1-2H2. The highest BCUT2D eigenvalue weighted by atomic mass is 32.2. The normalized spacial score (nSPS) is 15.9. The molecule has 2 saturated heterocycles. The van der Waals surface area contributed by atoms with Crippen molar-refractivity contribution in [1.29, 1.82) is 0 Å². The molecule has 2 aromatic rings. The van der Waals surface area contributed by atoms with E-state index in [1.807, 2.05) is 48.5 Å². The molecule has 0 unspecified atom stereocenters. The maximum Gasteiger partial charge on any atom is 0.140 e. The van der Waals surface area contributed by atoms with Crippen LogP contribution in [0.2, 0.25) is 0 Å². The molecule has 0 atom stereocenters. The van der Waals surface area contributed by atoms with Crippen molar-refractivity contribution in [2.45, 2.75) is 0 Å². The Labute approximate surface area is 173 Å². The molecule has 7 heteroatoms. The maximum atomic E-state index is 5.36. The molecule has 0 radical (unpaired) electrons. The van der Waals surface area contributed by atoms with E-state index in [4.69, 9.17) is 30.2 Å². The molecule has 0 bridgehead atoms. The van der Waals surface area contributed by atoms with Gasteiger partial charge < -0.3 is 10.6 Å². The average molecular weight is 425 g/mol. The molecule has 2 heterocycles. The van der Waals surface area contributed by atoms with Crippen molar-refractivity contribution < 1.29 is 0 Å². The minimum atomic E-state index is 0.822. The molecule has 0 aromatic heterocycles. The lowest BCUT2D eigenvalue weighted by Crippen LogP contribution is -2.21. The van der Waals surface area contributed by atoms with Gasteiger partial charge in [0.15, 0.2) is 0 Å². The molecule has 0 spiro atoms. The van der Waals surface area contributed by atoms with Gasteiger partial charge in [-0.05, 0) is 24.3 Å². The lowest BCUT2D eigenvalue weighted by molar-refractivity contribution is 1.12. The molecular weight excluding hydrogens is 405 g/mol. The first kappa shape index (κ1) is 20.6. The highest BCUT2D eigenvalue weighted by Crippen LogP contribution is 2.25. The van der Waals surface area contributed by atoms with E-state index in [2.05, 4.69) is 17.0 Å². The Hall–Kier alpha value is -0.730.